The Labute approximate surface area is 152 Å². The van der Waals surface area contributed by atoms with E-state index in [1.807, 2.05) is 11.8 Å². The van der Waals surface area contributed by atoms with Crippen LogP contribution >= 0.6 is 11.8 Å². The number of guanidine groups is 1. The molecular weight excluding hydrogens is 342 g/mol. The number of rotatable bonds is 11. The van der Waals surface area contributed by atoms with Crippen LogP contribution in [0.15, 0.2) is 0 Å². The number of nitrogens with two attached hydrogens (primary N) is 1. The molecule has 25 heavy (non-hydrogen) atoms. The molecule has 0 radical (unpaired) electrons. The maximum absolute atomic E-state index is 11.8. The van der Waals surface area contributed by atoms with E-state index in [1.165, 1.54) is 0 Å². The third-order valence-electron chi connectivity index (χ3n) is 4.69. The summed E-state index contributed by atoms with van der Waals surface area (Å²) in [6.07, 6.45) is 5.36. The number of aliphatic carboxylic acids is 1. The van der Waals surface area contributed by atoms with Crippen LogP contribution in [0.4, 0.5) is 0 Å². The summed E-state index contributed by atoms with van der Waals surface area (Å²) >= 11 is 1.94. The number of carboxylic acids is 1. The van der Waals surface area contributed by atoms with Gasteiger partial charge in [0.05, 0.1) is 12.1 Å². The fraction of sp³-hybridized carbons (Fsp3) is 0.812. The number of thioether (sulfide) groups is 1. The van der Waals surface area contributed by atoms with Crippen LogP contribution in [0, 0.1) is 5.41 Å². The minimum atomic E-state index is -0.976. The minimum absolute atomic E-state index is 0.0573. The lowest BCUT2D eigenvalue weighted by molar-refractivity contribution is -0.138. The lowest BCUT2D eigenvalue weighted by atomic mass is 10.0. The average molecular weight is 372 g/mol. The van der Waals surface area contributed by atoms with Gasteiger partial charge in [0, 0.05) is 24.0 Å². The molecule has 142 valence electrons. The first-order valence-corrected chi connectivity index (χ1v) is 10.0. The Bertz CT molecular complexity index is 490. The van der Waals surface area contributed by atoms with E-state index in [0.717, 1.165) is 31.4 Å². The van der Waals surface area contributed by atoms with Crippen LogP contribution in [-0.4, -0.2) is 58.6 Å². The molecule has 2 saturated heterocycles. The monoisotopic (exact) mass is 371 g/mol. The second-order valence-electron chi connectivity index (χ2n) is 6.70. The quantitative estimate of drug-likeness (QED) is 0.286. The van der Waals surface area contributed by atoms with Gasteiger partial charge in [-0.25, -0.2) is 0 Å². The van der Waals surface area contributed by atoms with E-state index in [0.29, 0.717) is 49.1 Å². The van der Waals surface area contributed by atoms with Gasteiger partial charge in [-0.2, -0.15) is 11.8 Å². The molecule has 1 amide bonds. The predicted octanol–water partition coefficient (Wildman–Crippen LogP) is 0.225. The summed E-state index contributed by atoms with van der Waals surface area (Å²) in [5.74, 6) is 0.554. The van der Waals surface area contributed by atoms with Crippen LogP contribution in [0.3, 0.4) is 0 Å². The Morgan fingerprint density at radius 3 is 2.88 bits per heavy atom. The van der Waals surface area contributed by atoms with E-state index in [4.69, 9.17) is 16.2 Å². The molecule has 0 aliphatic carbocycles. The molecule has 8 nitrogen and oxygen atoms in total. The normalized spacial score (nSPS) is 25.8. The van der Waals surface area contributed by atoms with Crippen molar-refractivity contribution in [2.24, 2.45) is 5.73 Å². The average Bonchev–Trinajstić information content (AvgIpc) is 3.10. The highest BCUT2D eigenvalue weighted by Crippen LogP contribution is 2.33. The maximum atomic E-state index is 11.8. The molecule has 0 saturated carbocycles. The predicted molar refractivity (Wildman–Crippen MR) is 98.8 cm³/mol. The van der Waals surface area contributed by atoms with Gasteiger partial charge in [-0.05, 0) is 32.1 Å². The number of carbonyl (C=O) groups excluding carboxylic acids is 1. The molecular formula is C16H29N5O3S. The van der Waals surface area contributed by atoms with Crippen molar-refractivity contribution in [3.05, 3.63) is 0 Å². The number of hydrogen-bond donors (Lipinski definition) is 6. The highest BCUT2D eigenvalue weighted by atomic mass is 32.2. The number of hydrogen-bond acceptors (Lipinski definition) is 5. The van der Waals surface area contributed by atoms with Gasteiger partial charge in [0.1, 0.15) is 6.04 Å². The molecule has 2 aliphatic heterocycles. The Kier molecular flexibility index (Phi) is 7.83. The van der Waals surface area contributed by atoms with Gasteiger partial charge in [0.15, 0.2) is 5.96 Å². The highest BCUT2D eigenvalue weighted by Gasteiger charge is 2.41. The number of fused-ring (bicyclic) bond motifs is 1. The van der Waals surface area contributed by atoms with E-state index < -0.39 is 12.0 Å². The van der Waals surface area contributed by atoms with Crippen LogP contribution in [-0.2, 0) is 9.59 Å². The molecule has 2 fully saturated rings. The van der Waals surface area contributed by atoms with Crippen LogP contribution in [0.1, 0.15) is 44.9 Å². The summed E-state index contributed by atoms with van der Waals surface area (Å²) in [7, 11) is 0. The molecule has 0 spiro atoms. The summed E-state index contributed by atoms with van der Waals surface area (Å²) in [5, 5.41) is 26.0. The standard InChI is InChI=1S/C16H29N5O3S/c17-10(15(23)24)5-3-4-8-19-13(22)7-2-1-6-12-14-11(9-25-12)20-16(18)21-14/h10-12,14H,1-9,17H2,(H,19,22)(H,23,24)(H3,18,20,21)/t10-,11?,12-,14?/m0/s1. The van der Waals surface area contributed by atoms with Crippen molar-refractivity contribution >= 4 is 29.6 Å². The number of amides is 1. The summed E-state index contributed by atoms with van der Waals surface area (Å²) in [6, 6.07) is -0.0828. The van der Waals surface area contributed by atoms with E-state index in [2.05, 4.69) is 16.0 Å². The summed E-state index contributed by atoms with van der Waals surface area (Å²) < 4.78 is 0. The van der Waals surface area contributed by atoms with Crippen molar-refractivity contribution in [3.8, 4) is 0 Å². The summed E-state index contributed by atoms with van der Waals surface area (Å²) in [4.78, 5) is 22.4. The highest BCUT2D eigenvalue weighted by molar-refractivity contribution is 8.00. The third kappa shape index (κ3) is 6.39. The molecule has 0 bridgehead atoms. The van der Waals surface area contributed by atoms with Crippen molar-refractivity contribution in [1.82, 2.24) is 16.0 Å². The smallest absolute Gasteiger partial charge is 0.320 e. The van der Waals surface area contributed by atoms with Crippen molar-refractivity contribution in [2.45, 2.75) is 68.3 Å². The molecule has 0 aromatic heterocycles. The minimum Gasteiger partial charge on any atom is -0.480 e. The third-order valence-corrected chi connectivity index (χ3v) is 6.20. The van der Waals surface area contributed by atoms with Crippen LogP contribution in [0.25, 0.3) is 0 Å². The topological polar surface area (TPSA) is 140 Å². The molecule has 2 aliphatic rings. The summed E-state index contributed by atoms with van der Waals surface area (Å²) in [5.41, 5.74) is 5.42. The SMILES string of the molecule is N=C1NC2CS[C@@H](CCCCC(=O)NCCCC[C@H](N)C(=O)O)C2N1. The van der Waals surface area contributed by atoms with Crippen LogP contribution in [0.2, 0.25) is 0 Å². The second-order valence-corrected chi connectivity index (χ2v) is 7.98. The maximum Gasteiger partial charge on any atom is 0.320 e. The fourth-order valence-electron chi connectivity index (χ4n) is 3.24. The first-order chi connectivity index (χ1) is 12.0. The van der Waals surface area contributed by atoms with E-state index >= 15 is 0 Å². The van der Waals surface area contributed by atoms with Gasteiger partial charge in [-0.3, -0.25) is 15.0 Å². The Hall–Kier alpha value is -1.48. The first kappa shape index (κ1) is 19.8. The van der Waals surface area contributed by atoms with Crippen molar-refractivity contribution in [2.75, 3.05) is 12.3 Å². The number of unbranched alkanes of at least 4 members (excludes halogenated alkanes) is 2. The van der Waals surface area contributed by atoms with Gasteiger partial charge >= 0.3 is 5.97 Å². The molecule has 7 N–H and O–H groups in total. The van der Waals surface area contributed by atoms with E-state index in [-0.39, 0.29) is 5.91 Å². The molecule has 2 unspecified atom stereocenters. The lowest BCUT2D eigenvalue weighted by Gasteiger charge is -2.16. The van der Waals surface area contributed by atoms with Crippen molar-refractivity contribution in [3.63, 3.8) is 0 Å². The van der Waals surface area contributed by atoms with Crippen molar-refractivity contribution in [1.29, 1.82) is 5.41 Å². The van der Waals surface area contributed by atoms with Gasteiger partial charge in [-0.1, -0.05) is 6.42 Å². The Morgan fingerprint density at radius 1 is 1.32 bits per heavy atom. The fourth-order valence-corrected chi connectivity index (χ4v) is 4.78. The lowest BCUT2D eigenvalue weighted by Crippen LogP contribution is -2.36. The van der Waals surface area contributed by atoms with Gasteiger partial charge in [0.25, 0.3) is 0 Å². The molecule has 0 aromatic rings. The van der Waals surface area contributed by atoms with Gasteiger partial charge in [0.2, 0.25) is 5.91 Å². The molecule has 4 atom stereocenters. The zero-order valence-electron chi connectivity index (χ0n) is 14.4. The second kappa shape index (κ2) is 9.86. The van der Waals surface area contributed by atoms with Gasteiger partial charge < -0.3 is 26.8 Å². The first-order valence-electron chi connectivity index (χ1n) is 8.95. The largest absolute Gasteiger partial charge is 0.480 e. The number of nitrogens with one attached hydrogen (secondary N) is 4. The summed E-state index contributed by atoms with van der Waals surface area (Å²) in [6.45, 7) is 0.575. The Balaban J connectivity index is 1.46. The van der Waals surface area contributed by atoms with E-state index in [9.17, 15) is 9.59 Å². The van der Waals surface area contributed by atoms with E-state index in [1.54, 1.807) is 0 Å². The molecule has 0 aromatic carbocycles. The zero-order chi connectivity index (χ0) is 18.2. The van der Waals surface area contributed by atoms with Crippen molar-refractivity contribution < 1.29 is 14.7 Å². The van der Waals surface area contributed by atoms with Crippen LogP contribution < -0.4 is 21.7 Å². The van der Waals surface area contributed by atoms with Crippen LogP contribution in [0.5, 0.6) is 0 Å². The zero-order valence-corrected chi connectivity index (χ0v) is 15.2. The number of carboxylic acid groups (broad SMARTS) is 1. The molecule has 2 rings (SSSR count). The molecule has 9 heteroatoms. The molecule has 2 heterocycles. The Morgan fingerprint density at radius 2 is 2.12 bits per heavy atom. The van der Waals surface area contributed by atoms with Gasteiger partial charge in [-0.15, -0.1) is 0 Å². The number of carbonyl (C=O) groups is 2.